The predicted molar refractivity (Wildman–Crippen MR) is 165 cm³/mol. The molecule has 4 rings (SSSR count). The van der Waals surface area contributed by atoms with Crippen LogP contribution in [0.4, 0.5) is 0 Å². The lowest BCUT2D eigenvalue weighted by molar-refractivity contribution is -0.120. The van der Waals surface area contributed by atoms with Gasteiger partial charge in [-0.3, -0.25) is 4.79 Å². The van der Waals surface area contributed by atoms with E-state index in [4.69, 9.17) is 9.72 Å². The Hall–Kier alpha value is -3.60. The zero-order valence-corrected chi connectivity index (χ0v) is 24.7. The Balaban J connectivity index is 1.19. The number of imidazole rings is 1. The third-order valence-electron chi connectivity index (χ3n) is 7.51. The van der Waals surface area contributed by atoms with Gasteiger partial charge in [0.1, 0.15) is 11.6 Å². The molecule has 0 aliphatic carbocycles. The lowest BCUT2D eigenvalue weighted by atomic mass is 9.87. The highest BCUT2D eigenvalue weighted by atomic mass is 16.5. The van der Waals surface area contributed by atoms with Gasteiger partial charge in [-0.05, 0) is 79.0 Å². The van der Waals surface area contributed by atoms with Crippen molar-refractivity contribution in [2.45, 2.75) is 84.6 Å². The Morgan fingerprint density at radius 3 is 2.40 bits per heavy atom. The van der Waals surface area contributed by atoms with E-state index in [1.165, 1.54) is 16.6 Å². The minimum atomic E-state index is 0.0991. The fourth-order valence-electron chi connectivity index (χ4n) is 5.04. The summed E-state index contributed by atoms with van der Waals surface area (Å²) in [5.74, 6) is 2.19. The zero-order valence-electron chi connectivity index (χ0n) is 24.7. The number of amides is 1. The van der Waals surface area contributed by atoms with Crippen molar-refractivity contribution in [1.29, 1.82) is 0 Å². The standard InChI is InChI=1S/C35H45N3O2/c1-27-14-7-8-15-28(27)26-34(39)36-23-11-5-6-18-33-37-31-16-9-10-17-32(31)38(33)24-12-13-25-40-30-21-19-29(20-22-30)35(2,3)4/h7-10,14-17,19-22H,5-6,11-13,18,23-26H2,1-4H3,(H,36,39). The maximum atomic E-state index is 12.3. The molecule has 5 nitrogen and oxygen atoms in total. The van der Waals surface area contributed by atoms with E-state index >= 15 is 0 Å². The number of rotatable bonds is 14. The Kier molecular flexibility index (Phi) is 10.4. The molecule has 0 aliphatic rings. The molecule has 1 heterocycles. The van der Waals surface area contributed by atoms with Crippen LogP contribution in [-0.2, 0) is 29.6 Å². The molecule has 0 bridgehead atoms. The number of hydrogen-bond donors (Lipinski definition) is 1. The second kappa shape index (κ2) is 14.2. The van der Waals surface area contributed by atoms with E-state index in [9.17, 15) is 4.79 Å². The predicted octanol–water partition coefficient (Wildman–Crippen LogP) is 7.57. The summed E-state index contributed by atoms with van der Waals surface area (Å²) in [4.78, 5) is 17.3. The molecule has 0 spiro atoms. The summed E-state index contributed by atoms with van der Waals surface area (Å²) in [6.45, 7) is 11.1. The number of benzene rings is 3. The minimum absolute atomic E-state index is 0.0991. The van der Waals surface area contributed by atoms with Crippen LogP contribution in [0.3, 0.4) is 0 Å². The van der Waals surface area contributed by atoms with Gasteiger partial charge in [-0.1, -0.05) is 75.7 Å². The Morgan fingerprint density at radius 1 is 0.875 bits per heavy atom. The molecule has 3 aromatic carbocycles. The Labute approximate surface area is 240 Å². The third kappa shape index (κ3) is 8.45. The number of fused-ring (bicyclic) bond motifs is 1. The van der Waals surface area contributed by atoms with Gasteiger partial charge in [-0.2, -0.15) is 0 Å². The highest BCUT2D eigenvalue weighted by Crippen LogP contribution is 2.24. The van der Waals surface area contributed by atoms with E-state index in [1.54, 1.807) is 0 Å². The normalized spacial score (nSPS) is 11.6. The van der Waals surface area contributed by atoms with Gasteiger partial charge in [-0.15, -0.1) is 0 Å². The topological polar surface area (TPSA) is 56.2 Å². The summed E-state index contributed by atoms with van der Waals surface area (Å²) in [6, 6.07) is 25.0. The molecule has 5 heteroatoms. The number of ether oxygens (including phenoxy) is 1. The monoisotopic (exact) mass is 539 g/mol. The molecule has 0 fully saturated rings. The number of aryl methyl sites for hydroxylation is 3. The molecule has 0 unspecified atom stereocenters. The summed E-state index contributed by atoms with van der Waals surface area (Å²) >= 11 is 0. The van der Waals surface area contributed by atoms with Crippen LogP contribution in [-0.4, -0.2) is 28.6 Å². The lowest BCUT2D eigenvalue weighted by Gasteiger charge is -2.19. The quantitative estimate of drug-likeness (QED) is 0.168. The van der Waals surface area contributed by atoms with Crippen LogP contribution in [0, 0.1) is 6.92 Å². The first-order valence-electron chi connectivity index (χ1n) is 14.8. The number of hydrogen-bond acceptors (Lipinski definition) is 3. The molecule has 212 valence electrons. The van der Waals surface area contributed by atoms with Crippen molar-refractivity contribution < 1.29 is 9.53 Å². The van der Waals surface area contributed by atoms with Crippen molar-refractivity contribution in [2.24, 2.45) is 0 Å². The maximum absolute atomic E-state index is 12.3. The number of nitrogens with zero attached hydrogens (tertiary/aromatic N) is 2. The van der Waals surface area contributed by atoms with Crippen molar-refractivity contribution in [2.75, 3.05) is 13.2 Å². The molecule has 1 N–H and O–H groups in total. The molecule has 0 aliphatic heterocycles. The van der Waals surface area contributed by atoms with Gasteiger partial charge in [0.05, 0.1) is 24.1 Å². The summed E-state index contributed by atoms with van der Waals surface area (Å²) in [5.41, 5.74) is 6.01. The molecule has 0 saturated carbocycles. The second-order valence-corrected chi connectivity index (χ2v) is 11.8. The lowest BCUT2D eigenvalue weighted by Crippen LogP contribution is -2.26. The van der Waals surface area contributed by atoms with Crippen LogP contribution in [0.25, 0.3) is 11.0 Å². The van der Waals surface area contributed by atoms with E-state index in [2.05, 4.69) is 92.2 Å². The third-order valence-corrected chi connectivity index (χ3v) is 7.51. The molecule has 4 aromatic rings. The largest absolute Gasteiger partial charge is 0.494 e. The minimum Gasteiger partial charge on any atom is -0.494 e. The Morgan fingerprint density at radius 2 is 1.62 bits per heavy atom. The molecule has 0 atom stereocenters. The zero-order chi connectivity index (χ0) is 28.4. The Bertz CT molecular complexity index is 1370. The van der Waals surface area contributed by atoms with Crippen molar-refractivity contribution in [3.63, 3.8) is 0 Å². The first-order chi connectivity index (χ1) is 19.3. The van der Waals surface area contributed by atoms with E-state index < -0.39 is 0 Å². The van der Waals surface area contributed by atoms with Crippen molar-refractivity contribution >= 4 is 16.9 Å². The first kappa shape index (κ1) is 29.4. The average Bonchev–Trinajstić information content (AvgIpc) is 3.28. The highest BCUT2D eigenvalue weighted by Gasteiger charge is 2.13. The van der Waals surface area contributed by atoms with E-state index in [0.717, 1.165) is 74.3 Å². The van der Waals surface area contributed by atoms with Crippen molar-refractivity contribution in [1.82, 2.24) is 14.9 Å². The SMILES string of the molecule is Cc1ccccc1CC(=O)NCCCCCc1nc2ccccc2n1CCCCOc1ccc(C(C)(C)C)cc1. The molecule has 1 amide bonds. The molecule has 0 saturated heterocycles. The maximum Gasteiger partial charge on any atom is 0.224 e. The number of carbonyl (C=O) groups excluding carboxylic acids is 1. The van der Waals surface area contributed by atoms with Crippen LogP contribution >= 0.6 is 0 Å². The van der Waals surface area contributed by atoms with Gasteiger partial charge in [0.15, 0.2) is 0 Å². The number of aromatic nitrogens is 2. The van der Waals surface area contributed by atoms with Crippen LogP contribution in [0.15, 0.2) is 72.8 Å². The van der Waals surface area contributed by atoms with Crippen LogP contribution in [0.5, 0.6) is 5.75 Å². The van der Waals surface area contributed by atoms with Gasteiger partial charge in [0, 0.05) is 19.5 Å². The van der Waals surface area contributed by atoms with Crippen LogP contribution < -0.4 is 10.1 Å². The molecular formula is C35H45N3O2. The number of unbranched alkanes of at least 4 members (excludes halogenated alkanes) is 3. The van der Waals surface area contributed by atoms with Crippen LogP contribution in [0.1, 0.15) is 75.4 Å². The molecule has 1 aromatic heterocycles. The second-order valence-electron chi connectivity index (χ2n) is 11.8. The number of carbonyl (C=O) groups is 1. The van der Waals surface area contributed by atoms with Gasteiger partial charge in [0.25, 0.3) is 0 Å². The van der Waals surface area contributed by atoms with Gasteiger partial charge >= 0.3 is 0 Å². The van der Waals surface area contributed by atoms with E-state index in [-0.39, 0.29) is 11.3 Å². The van der Waals surface area contributed by atoms with Gasteiger partial charge < -0.3 is 14.6 Å². The first-order valence-corrected chi connectivity index (χ1v) is 14.8. The summed E-state index contributed by atoms with van der Waals surface area (Å²) in [5, 5.41) is 3.08. The molecule has 0 radical (unpaired) electrons. The van der Waals surface area contributed by atoms with Crippen molar-refractivity contribution in [3.8, 4) is 5.75 Å². The fourth-order valence-corrected chi connectivity index (χ4v) is 5.04. The molecule has 40 heavy (non-hydrogen) atoms. The molecular weight excluding hydrogens is 494 g/mol. The summed E-state index contributed by atoms with van der Waals surface area (Å²) in [7, 11) is 0. The summed E-state index contributed by atoms with van der Waals surface area (Å²) < 4.78 is 8.40. The number of nitrogens with one attached hydrogen (secondary N) is 1. The highest BCUT2D eigenvalue weighted by molar-refractivity contribution is 5.78. The fraction of sp³-hybridized carbons (Fsp3) is 0.429. The van der Waals surface area contributed by atoms with E-state index in [1.807, 2.05) is 18.2 Å². The van der Waals surface area contributed by atoms with Crippen molar-refractivity contribution in [3.05, 3.63) is 95.3 Å². The van der Waals surface area contributed by atoms with Crippen LogP contribution in [0.2, 0.25) is 0 Å². The van der Waals surface area contributed by atoms with Gasteiger partial charge in [0.2, 0.25) is 5.91 Å². The smallest absolute Gasteiger partial charge is 0.224 e. The summed E-state index contributed by atoms with van der Waals surface area (Å²) in [6.07, 6.45) is 6.54. The number of para-hydroxylation sites is 2. The van der Waals surface area contributed by atoms with Gasteiger partial charge in [-0.25, -0.2) is 4.98 Å². The average molecular weight is 540 g/mol. The van der Waals surface area contributed by atoms with E-state index in [0.29, 0.717) is 13.0 Å².